The van der Waals surface area contributed by atoms with E-state index >= 15 is 4.79 Å². The van der Waals surface area contributed by atoms with E-state index in [0.717, 1.165) is 0 Å². The number of rotatable bonds is 4. The molecule has 2 aliphatic heterocycles. The Morgan fingerprint density at radius 1 is 0.698 bits per heavy atom. The van der Waals surface area contributed by atoms with Crippen molar-refractivity contribution in [2.45, 2.75) is 22.3 Å². The fourth-order valence-electron chi connectivity index (χ4n) is 6.10. The number of hydrogen-bond donors (Lipinski definition) is 0. The van der Waals surface area contributed by atoms with E-state index in [1.165, 1.54) is 0 Å². The molecule has 0 N–H and O–H groups in total. The fourth-order valence-corrected chi connectivity index (χ4v) is 8.22. The van der Waals surface area contributed by atoms with E-state index in [-0.39, 0.29) is 22.9 Å². The molecule has 0 bridgehead atoms. The maximum atomic E-state index is 15.1. The van der Waals surface area contributed by atoms with Crippen LogP contribution < -0.4 is 4.90 Å². The monoisotopic (exact) mass is 603 g/mol. The minimum atomic E-state index is -4.01. The van der Waals surface area contributed by atoms with Crippen LogP contribution in [0.2, 0.25) is 5.02 Å². The van der Waals surface area contributed by atoms with Crippen molar-refractivity contribution in [1.29, 1.82) is 0 Å². The van der Waals surface area contributed by atoms with Crippen molar-refractivity contribution in [2.75, 3.05) is 4.90 Å². The number of amides is 1. The highest BCUT2D eigenvalue weighted by Gasteiger charge is 2.57. The average Bonchev–Trinajstić information content (AvgIpc) is 3.13. The molecule has 5 aromatic rings. The first-order valence-electron chi connectivity index (χ1n) is 13.9. The van der Waals surface area contributed by atoms with Crippen LogP contribution in [-0.2, 0) is 25.1 Å². The highest BCUT2D eigenvalue weighted by Crippen LogP contribution is 2.55. The van der Waals surface area contributed by atoms with Gasteiger partial charge in [0.2, 0.25) is 5.72 Å². The summed E-state index contributed by atoms with van der Waals surface area (Å²) in [6.07, 6.45) is -0.0558. The largest absolute Gasteiger partial charge is 0.462 e. The van der Waals surface area contributed by atoms with Gasteiger partial charge in [0.05, 0.1) is 21.4 Å². The van der Waals surface area contributed by atoms with E-state index in [1.807, 2.05) is 91.0 Å². The third-order valence-electron chi connectivity index (χ3n) is 8.09. The van der Waals surface area contributed by atoms with Crippen molar-refractivity contribution in [2.24, 2.45) is 0 Å². The minimum Gasteiger partial charge on any atom is -0.462 e. The standard InChI is InChI=1S/C36H26ClNO4S/c37-29-22-20-25(21-23-29)32-24-36(28-16-8-3-9-17-28)38(30-18-10-11-19-31(30)43(32,40)41)35(39)33(26-12-4-1-5-13-26)34(42-36)27-14-6-2-7-15-27/h1-23,32H,24H2. The number of carbonyl (C=O) groups is 1. The lowest BCUT2D eigenvalue weighted by molar-refractivity contribution is -0.120. The molecule has 2 atom stereocenters. The van der Waals surface area contributed by atoms with Gasteiger partial charge in [-0.05, 0) is 35.4 Å². The Morgan fingerprint density at radius 2 is 1.26 bits per heavy atom. The zero-order valence-corrected chi connectivity index (χ0v) is 24.5. The van der Waals surface area contributed by atoms with Crippen molar-refractivity contribution in [3.05, 3.63) is 167 Å². The van der Waals surface area contributed by atoms with E-state index in [2.05, 4.69) is 0 Å². The zero-order valence-electron chi connectivity index (χ0n) is 22.9. The molecule has 2 heterocycles. The van der Waals surface area contributed by atoms with Crippen molar-refractivity contribution in [3.63, 3.8) is 0 Å². The van der Waals surface area contributed by atoms with Crippen molar-refractivity contribution in [3.8, 4) is 0 Å². The normalized spacial score (nSPS) is 20.9. The van der Waals surface area contributed by atoms with Crippen LogP contribution in [0.25, 0.3) is 11.3 Å². The predicted octanol–water partition coefficient (Wildman–Crippen LogP) is 8.04. The van der Waals surface area contributed by atoms with Gasteiger partial charge in [-0.15, -0.1) is 0 Å². The molecule has 7 heteroatoms. The topological polar surface area (TPSA) is 63.7 Å². The summed E-state index contributed by atoms with van der Waals surface area (Å²) >= 11 is 6.22. The third kappa shape index (κ3) is 4.46. The molecule has 7 rings (SSSR count). The van der Waals surface area contributed by atoms with Crippen LogP contribution in [0.15, 0.2) is 144 Å². The smallest absolute Gasteiger partial charge is 0.266 e. The predicted molar refractivity (Wildman–Crippen MR) is 169 cm³/mol. The number of anilines is 1. The highest BCUT2D eigenvalue weighted by atomic mass is 35.5. The molecule has 0 spiro atoms. The van der Waals surface area contributed by atoms with Gasteiger partial charge in [-0.2, -0.15) is 0 Å². The second kappa shape index (κ2) is 10.6. The first-order chi connectivity index (χ1) is 20.9. The lowest BCUT2D eigenvalue weighted by Crippen LogP contribution is -2.55. The van der Waals surface area contributed by atoms with Gasteiger partial charge in [-0.1, -0.05) is 127 Å². The molecular formula is C36H26ClNO4S. The van der Waals surface area contributed by atoms with E-state index < -0.39 is 20.8 Å². The van der Waals surface area contributed by atoms with Gasteiger partial charge in [0.15, 0.2) is 9.84 Å². The third-order valence-corrected chi connectivity index (χ3v) is 10.5. The fraction of sp³-hybridized carbons (Fsp3) is 0.0833. The highest BCUT2D eigenvalue weighted by molar-refractivity contribution is 7.91. The summed E-state index contributed by atoms with van der Waals surface area (Å²) in [5, 5.41) is -0.542. The van der Waals surface area contributed by atoms with Crippen LogP contribution in [0.5, 0.6) is 0 Å². The summed E-state index contributed by atoms with van der Waals surface area (Å²) in [5.41, 5.74) is 1.73. The summed E-state index contributed by atoms with van der Waals surface area (Å²) in [6, 6.07) is 41.8. The Balaban J connectivity index is 1.59. The number of sulfone groups is 1. The van der Waals surface area contributed by atoms with Crippen LogP contribution in [0.4, 0.5) is 5.69 Å². The molecule has 5 nitrogen and oxygen atoms in total. The van der Waals surface area contributed by atoms with Crippen LogP contribution in [0, 0.1) is 0 Å². The Kier molecular flexibility index (Phi) is 6.68. The SMILES string of the molecule is O=C1C(c2ccccc2)=C(c2ccccc2)OC2(c3ccccc3)CC(c3ccc(Cl)cc3)S(=O)(=O)c3ccccc3N12. The molecule has 2 aliphatic rings. The Morgan fingerprint density at radius 3 is 1.91 bits per heavy atom. The number of nitrogens with zero attached hydrogens (tertiary/aromatic N) is 1. The number of fused-ring (bicyclic) bond motifs is 3. The molecule has 212 valence electrons. The number of para-hydroxylation sites is 1. The lowest BCUT2D eigenvalue weighted by atomic mass is 9.87. The second-order valence-corrected chi connectivity index (χ2v) is 13.1. The number of hydrogen-bond acceptors (Lipinski definition) is 4. The molecule has 43 heavy (non-hydrogen) atoms. The Hall–Kier alpha value is -4.65. The summed E-state index contributed by atoms with van der Waals surface area (Å²) in [5.74, 6) is 0.0445. The van der Waals surface area contributed by atoms with Gasteiger partial charge in [-0.25, -0.2) is 8.42 Å². The summed E-state index contributed by atoms with van der Waals surface area (Å²) in [4.78, 5) is 16.7. The number of benzene rings is 5. The molecule has 0 aromatic heterocycles. The van der Waals surface area contributed by atoms with Crippen molar-refractivity contribution in [1.82, 2.24) is 0 Å². The molecule has 0 saturated heterocycles. The van der Waals surface area contributed by atoms with Gasteiger partial charge in [0, 0.05) is 22.6 Å². The van der Waals surface area contributed by atoms with E-state index in [4.69, 9.17) is 16.3 Å². The zero-order chi connectivity index (χ0) is 29.6. The van der Waals surface area contributed by atoms with Gasteiger partial charge in [0.1, 0.15) is 5.76 Å². The van der Waals surface area contributed by atoms with Gasteiger partial charge in [-0.3, -0.25) is 9.69 Å². The molecule has 0 saturated carbocycles. The maximum absolute atomic E-state index is 15.1. The lowest BCUT2D eigenvalue weighted by Gasteiger charge is -2.48. The van der Waals surface area contributed by atoms with Crippen molar-refractivity contribution < 1.29 is 17.9 Å². The Labute approximate surface area is 255 Å². The second-order valence-electron chi connectivity index (χ2n) is 10.6. The van der Waals surface area contributed by atoms with E-state index in [9.17, 15) is 8.42 Å². The first-order valence-corrected chi connectivity index (χ1v) is 15.9. The van der Waals surface area contributed by atoms with Crippen LogP contribution >= 0.6 is 11.6 Å². The van der Waals surface area contributed by atoms with Gasteiger partial charge >= 0.3 is 0 Å². The molecule has 0 fully saturated rings. The summed E-state index contributed by atoms with van der Waals surface area (Å²) in [7, 11) is -4.01. The summed E-state index contributed by atoms with van der Waals surface area (Å²) < 4.78 is 36.4. The molecular weight excluding hydrogens is 578 g/mol. The van der Waals surface area contributed by atoms with E-state index in [0.29, 0.717) is 38.6 Å². The Bertz CT molecular complexity index is 1960. The van der Waals surface area contributed by atoms with Crippen LogP contribution in [0.3, 0.4) is 0 Å². The first kappa shape index (κ1) is 27.2. The number of halogens is 1. The van der Waals surface area contributed by atoms with Gasteiger partial charge in [0.25, 0.3) is 5.91 Å². The molecule has 2 unspecified atom stereocenters. The molecule has 5 aromatic carbocycles. The minimum absolute atomic E-state index is 0.0558. The molecule has 0 aliphatic carbocycles. The molecule has 1 amide bonds. The average molecular weight is 604 g/mol. The van der Waals surface area contributed by atoms with Gasteiger partial charge < -0.3 is 4.74 Å². The summed E-state index contributed by atoms with van der Waals surface area (Å²) in [6.45, 7) is 0. The van der Waals surface area contributed by atoms with Crippen LogP contribution in [0.1, 0.15) is 33.9 Å². The van der Waals surface area contributed by atoms with E-state index in [1.54, 1.807) is 53.4 Å². The quantitative estimate of drug-likeness (QED) is 0.208. The number of carbonyl (C=O) groups excluding carboxylic acids is 1. The van der Waals surface area contributed by atoms with Crippen LogP contribution in [-0.4, -0.2) is 14.3 Å². The maximum Gasteiger partial charge on any atom is 0.266 e. The number of ether oxygens (including phenoxy) is 1. The van der Waals surface area contributed by atoms with Crippen molar-refractivity contribution >= 4 is 44.4 Å². The molecule has 0 radical (unpaired) electrons.